The molecule has 2 aliphatic rings. The highest BCUT2D eigenvalue weighted by Crippen LogP contribution is 2.43. The first-order valence-corrected chi connectivity index (χ1v) is 14.2. The molecule has 0 saturated carbocycles. The van der Waals surface area contributed by atoms with Crippen molar-refractivity contribution in [2.75, 3.05) is 13.2 Å². The minimum Gasteiger partial charge on any atom is -0.476 e. The lowest BCUT2D eigenvalue weighted by atomic mass is 9.84. The zero-order chi connectivity index (χ0) is 30.1. The number of carboxylic acid groups (broad SMARTS) is 1. The van der Waals surface area contributed by atoms with Gasteiger partial charge in [0.05, 0.1) is 19.3 Å². The third-order valence-electron chi connectivity index (χ3n) is 7.99. The van der Waals surface area contributed by atoms with Crippen molar-refractivity contribution < 1.29 is 29.3 Å². The van der Waals surface area contributed by atoms with Gasteiger partial charge >= 0.3 is 5.97 Å². The molecule has 2 aromatic carbocycles. The van der Waals surface area contributed by atoms with Crippen LogP contribution in [0.1, 0.15) is 47.6 Å². The summed E-state index contributed by atoms with van der Waals surface area (Å²) in [5, 5.41) is 34.5. The van der Waals surface area contributed by atoms with Gasteiger partial charge in [0.2, 0.25) is 5.82 Å². The van der Waals surface area contributed by atoms with Crippen molar-refractivity contribution in [1.29, 1.82) is 0 Å². The number of aromatic carboxylic acids is 1. The number of carboxylic acids is 1. The van der Waals surface area contributed by atoms with E-state index >= 15 is 0 Å². The lowest BCUT2D eigenvalue weighted by Crippen LogP contribution is -2.34. The number of nitrogens with zero attached hydrogens (tertiary/aromatic N) is 6. The van der Waals surface area contributed by atoms with Crippen LogP contribution in [0.15, 0.2) is 48.5 Å². The maximum atomic E-state index is 12.4. The van der Waals surface area contributed by atoms with Crippen molar-refractivity contribution in [3.63, 3.8) is 0 Å². The molecule has 0 bridgehead atoms. The van der Waals surface area contributed by atoms with Crippen LogP contribution in [0.2, 0.25) is 5.15 Å². The molecule has 2 aliphatic heterocycles. The van der Waals surface area contributed by atoms with E-state index < -0.39 is 29.4 Å². The summed E-state index contributed by atoms with van der Waals surface area (Å²) in [5.74, 6) is -0.714. The van der Waals surface area contributed by atoms with E-state index in [-0.39, 0.29) is 42.4 Å². The first kappa shape index (κ1) is 28.7. The van der Waals surface area contributed by atoms with Crippen LogP contribution in [0.5, 0.6) is 0 Å². The highest BCUT2D eigenvalue weighted by molar-refractivity contribution is 6.32. The Bertz CT molecular complexity index is 1610. The van der Waals surface area contributed by atoms with Gasteiger partial charge < -0.3 is 24.0 Å². The third-order valence-corrected chi connectivity index (χ3v) is 8.26. The van der Waals surface area contributed by atoms with Crippen LogP contribution >= 0.6 is 11.6 Å². The number of fused-ring (bicyclic) bond motifs is 1. The third kappa shape index (κ3) is 5.56. The largest absolute Gasteiger partial charge is 0.476 e. The molecule has 6 rings (SSSR count). The van der Waals surface area contributed by atoms with Crippen molar-refractivity contribution in [3.8, 4) is 22.5 Å². The van der Waals surface area contributed by atoms with Gasteiger partial charge in [-0.2, -0.15) is 5.21 Å². The van der Waals surface area contributed by atoms with Crippen molar-refractivity contribution >= 4 is 17.6 Å². The molecule has 15 heteroatoms. The Labute approximate surface area is 250 Å². The number of rotatable bonds is 11. The number of imidazole rings is 1. The molecular weight excluding hydrogens is 582 g/mol. The summed E-state index contributed by atoms with van der Waals surface area (Å²) in [6, 6.07) is 15.5. The molecule has 14 nitrogen and oxygen atoms in total. The molecule has 224 valence electrons. The van der Waals surface area contributed by atoms with E-state index in [9.17, 15) is 20.0 Å². The van der Waals surface area contributed by atoms with Crippen LogP contribution in [0.25, 0.3) is 22.5 Å². The van der Waals surface area contributed by atoms with Crippen LogP contribution in [-0.2, 0) is 20.9 Å². The topological polar surface area (TPSA) is 180 Å². The van der Waals surface area contributed by atoms with Gasteiger partial charge in [-0.1, -0.05) is 73.5 Å². The minimum absolute atomic E-state index is 0.0312. The summed E-state index contributed by atoms with van der Waals surface area (Å²) in [4.78, 5) is 32.7. The number of nitrogens with one attached hydrogen (secondary N) is 1. The Hall–Kier alpha value is -4.40. The Kier molecular flexibility index (Phi) is 8.06. The minimum atomic E-state index is -1.19. The van der Waals surface area contributed by atoms with Crippen molar-refractivity contribution in [2.24, 2.45) is 5.92 Å². The fourth-order valence-electron chi connectivity index (χ4n) is 6.15. The number of benzene rings is 2. The standard InChI is InChI=1S/C28H28ClN7O7/c1-2-5-19(20-13-41-24-21(43-36(39)40)14-42-23(20)24)27-30-25(29)22(28(37)38)35(27)12-15-8-10-16(11-9-15)17-6-3-4-7-18(17)26-31-33-34-32-26/h3-4,6-11,19-21,23-24H,2,5,12-14H2,1H3,(H,37,38)(H,31,32,33,34). The van der Waals surface area contributed by atoms with Gasteiger partial charge in [-0.3, -0.25) is 0 Å². The number of aromatic amines is 1. The molecule has 2 fully saturated rings. The molecule has 2 N–H and O–H groups in total. The highest BCUT2D eigenvalue weighted by atomic mass is 35.5. The molecule has 43 heavy (non-hydrogen) atoms. The van der Waals surface area contributed by atoms with E-state index in [0.717, 1.165) is 28.7 Å². The number of H-pyrrole nitrogens is 1. The lowest BCUT2D eigenvalue weighted by molar-refractivity contribution is -0.769. The summed E-state index contributed by atoms with van der Waals surface area (Å²) in [5.41, 5.74) is 3.39. The molecule has 4 aromatic rings. The van der Waals surface area contributed by atoms with Crippen molar-refractivity contribution in [3.05, 3.63) is 80.9 Å². The molecule has 0 radical (unpaired) electrons. The predicted octanol–water partition coefficient (Wildman–Crippen LogP) is 4.00. The maximum Gasteiger partial charge on any atom is 0.355 e. The highest BCUT2D eigenvalue weighted by Gasteiger charge is 2.52. The van der Waals surface area contributed by atoms with E-state index in [1.165, 1.54) is 0 Å². The van der Waals surface area contributed by atoms with Crippen molar-refractivity contribution in [2.45, 2.75) is 50.5 Å². The molecule has 0 aliphatic carbocycles. The van der Waals surface area contributed by atoms with Crippen LogP contribution < -0.4 is 0 Å². The van der Waals surface area contributed by atoms with E-state index in [4.69, 9.17) is 25.9 Å². The average Bonchev–Trinajstić information content (AvgIpc) is 3.79. The molecule has 2 aromatic heterocycles. The maximum absolute atomic E-state index is 12.4. The van der Waals surface area contributed by atoms with E-state index in [2.05, 4.69) is 25.6 Å². The summed E-state index contributed by atoms with van der Waals surface area (Å²) >= 11 is 6.44. The summed E-state index contributed by atoms with van der Waals surface area (Å²) < 4.78 is 13.5. The van der Waals surface area contributed by atoms with Gasteiger partial charge in [-0.15, -0.1) is 20.3 Å². The molecule has 0 spiro atoms. The lowest BCUT2D eigenvalue weighted by Gasteiger charge is -2.26. The summed E-state index contributed by atoms with van der Waals surface area (Å²) in [7, 11) is 0. The van der Waals surface area contributed by atoms with Crippen LogP contribution in [-0.4, -0.2) is 77.9 Å². The van der Waals surface area contributed by atoms with Gasteiger partial charge in [0.1, 0.15) is 11.9 Å². The van der Waals surface area contributed by atoms with Gasteiger partial charge in [0, 0.05) is 23.9 Å². The Morgan fingerprint density at radius 1 is 1.19 bits per heavy atom. The molecule has 4 heterocycles. The zero-order valence-electron chi connectivity index (χ0n) is 23.0. The quantitative estimate of drug-likeness (QED) is 0.185. The Morgan fingerprint density at radius 3 is 2.60 bits per heavy atom. The second-order valence-electron chi connectivity index (χ2n) is 10.5. The van der Waals surface area contributed by atoms with Crippen LogP contribution in [0, 0.1) is 16.0 Å². The molecule has 0 amide bonds. The van der Waals surface area contributed by atoms with E-state index in [1.54, 1.807) is 4.57 Å². The number of carbonyl (C=O) groups is 1. The first-order chi connectivity index (χ1) is 20.9. The number of tetrazole rings is 1. The van der Waals surface area contributed by atoms with Gasteiger partial charge in [0.25, 0.3) is 5.09 Å². The normalized spacial score (nSPS) is 21.9. The number of ether oxygens (including phenoxy) is 2. The van der Waals surface area contributed by atoms with Gasteiger partial charge in [0.15, 0.2) is 17.0 Å². The molecular formula is C28H28ClN7O7. The fraction of sp³-hybridized carbons (Fsp3) is 0.393. The second kappa shape index (κ2) is 12.1. The van der Waals surface area contributed by atoms with E-state index in [0.29, 0.717) is 18.1 Å². The molecule has 2 saturated heterocycles. The van der Waals surface area contributed by atoms with Crippen molar-refractivity contribution in [1.82, 2.24) is 30.2 Å². The fourth-order valence-corrected chi connectivity index (χ4v) is 6.42. The number of hydrogen-bond donors (Lipinski definition) is 2. The Balaban J connectivity index is 1.31. The predicted molar refractivity (Wildman–Crippen MR) is 151 cm³/mol. The number of aromatic nitrogens is 6. The summed E-state index contributed by atoms with van der Waals surface area (Å²) in [6.45, 7) is 2.52. The van der Waals surface area contributed by atoms with Crippen LogP contribution in [0.4, 0.5) is 0 Å². The van der Waals surface area contributed by atoms with E-state index in [1.807, 2.05) is 55.5 Å². The summed E-state index contributed by atoms with van der Waals surface area (Å²) in [6.07, 6.45) is -0.462. The van der Waals surface area contributed by atoms with Gasteiger partial charge in [-0.25, -0.2) is 9.78 Å². The van der Waals surface area contributed by atoms with Gasteiger partial charge in [-0.05, 0) is 28.3 Å². The first-order valence-electron chi connectivity index (χ1n) is 13.8. The number of halogens is 1. The monoisotopic (exact) mass is 609 g/mol. The molecule has 5 atom stereocenters. The number of hydrogen-bond acceptors (Lipinski definition) is 10. The molecule has 5 unspecified atom stereocenters. The smallest absolute Gasteiger partial charge is 0.355 e. The average molecular weight is 610 g/mol. The Morgan fingerprint density at radius 2 is 1.93 bits per heavy atom. The SMILES string of the molecule is CCCC(c1nc(Cl)c(C(=O)O)n1Cc1ccc(-c2ccccc2-c2nn[nH]n2)cc1)C1COC2C(O[N+](=O)[O-])COC12. The van der Waals surface area contributed by atoms with Crippen LogP contribution in [0.3, 0.4) is 0 Å². The zero-order valence-corrected chi connectivity index (χ0v) is 23.8. The second-order valence-corrected chi connectivity index (χ2v) is 10.9.